The molecule has 22 heavy (non-hydrogen) atoms. The van der Waals surface area contributed by atoms with Gasteiger partial charge in [-0.25, -0.2) is 9.78 Å². The maximum Gasteiger partial charge on any atom is 0.407 e. The molecule has 1 fully saturated rings. The van der Waals surface area contributed by atoms with Crippen LogP contribution in [0, 0.1) is 0 Å². The molecule has 0 atom stereocenters. The SMILES string of the molecule is CC(=O)Nc1ncc(CN2CC(NC(=O)OC(C)(C)C)C2)s1. The molecule has 0 aromatic carbocycles. The summed E-state index contributed by atoms with van der Waals surface area (Å²) in [6.07, 6.45) is 1.40. The van der Waals surface area contributed by atoms with Gasteiger partial charge in [-0.15, -0.1) is 11.3 Å². The number of nitrogens with one attached hydrogen (secondary N) is 2. The molecule has 1 aliphatic rings. The third-order valence-electron chi connectivity index (χ3n) is 2.89. The molecule has 0 saturated carbocycles. The average Bonchev–Trinajstić information content (AvgIpc) is 2.70. The topological polar surface area (TPSA) is 83.6 Å². The Morgan fingerprint density at radius 1 is 1.45 bits per heavy atom. The molecule has 2 heterocycles. The summed E-state index contributed by atoms with van der Waals surface area (Å²) in [5.74, 6) is -0.119. The lowest BCUT2D eigenvalue weighted by atomic mass is 10.1. The van der Waals surface area contributed by atoms with E-state index in [2.05, 4.69) is 20.5 Å². The van der Waals surface area contributed by atoms with Gasteiger partial charge in [-0.1, -0.05) is 0 Å². The third kappa shape index (κ3) is 5.27. The van der Waals surface area contributed by atoms with Gasteiger partial charge in [0.25, 0.3) is 0 Å². The number of likely N-dealkylation sites (tertiary alicyclic amines) is 1. The average molecular weight is 326 g/mol. The Labute approximate surface area is 134 Å². The number of aromatic nitrogens is 1. The summed E-state index contributed by atoms with van der Waals surface area (Å²) >= 11 is 1.47. The fourth-order valence-electron chi connectivity index (χ4n) is 2.07. The largest absolute Gasteiger partial charge is 0.444 e. The van der Waals surface area contributed by atoms with E-state index in [1.807, 2.05) is 20.8 Å². The Balaban J connectivity index is 1.70. The van der Waals surface area contributed by atoms with Gasteiger partial charge < -0.3 is 15.4 Å². The van der Waals surface area contributed by atoms with Crippen molar-refractivity contribution in [3.8, 4) is 0 Å². The summed E-state index contributed by atoms with van der Waals surface area (Å²) in [6.45, 7) is 9.33. The summed E-state index contributed by atoms with van der Waals surface area (Å²) in [7, 11) is 0. The van der Waals surface area contributed by atoms with Crippen LogP contribution >= 0.6 is 11.3 Å². The van der Waals surface area contributed by atoms with Crippen LogP contribution in [-0.2, 0) is 16.1 Å². The molecule has 0 unspecified atom stereocenters. The number of hydrogen-bond donors (Lipinski definition) is 2. The molecule has 122 valence electrons. The highest BCUT2D eigenvalue weighted by Gasteiger charge is 2.29. The molecule has 7 nitrogen and oxygen atoms in total. The maximum absolute atomic E-state index is 11.6. The molecule has 2 N–H and O–H groups in total. The lowest BCUT2D eigenvalue weighted by molar-refractivity contribution is -0.114. The number of thiazole rings is 1. The molecule has 0 spiro atoms. The van der Waals surface area contributed by atoms with Crippen LogP contribution in [0.4, 0.5) is 9.93 Å². The van der Waals surface area contributed by atoms with Gasteiger partial charge in [0.15, 0.2) is 5.13 Å². The lowest BCUT2D eigenvalue weighted by Gasteiger charge is -2.39. The number of alkyl carbamates (subject to hydrolysis) is 1. The predicted molar refractivity (Wildman–Crippen MR) is 84.9 cm³/mol. The summed E-state index contributed by atoms with van der Waals surface area (Å²) in [5.41, 5.74) is -0.476. The zero-order chi connectivity index (χ0) is 16.3. The molecule has 2 amide bonds. The number of hydrogen-bond acceptors (Lipinski definition) is 6. The Morgan fingerprint density at radius 2 is 2.14 bits per heavy atom. The summed E-state index contributed by atoms with van der Waals surface area (Å²) in [4.78, 5) is 30.0. The van der Waals surface area contributed by atoms with E-state index in [4.69, 9.17) is 4.74 Å². The first-order valence-corrected chi connectivity index (χ1v) is 7.97. The fourth-order valence-corrected chi connectivity index (χ4v) is 2.97. The third-order valence-corrected chi connectivity index (χ3v) is 3.79. The van der Waals surface area contributed by atoms with Gasteiger partial charge >= 0.3 is 6.09 Å². The van der Waals surface area contributed by atoms with Crippen molar-refractivity contribution in [2.75, 3.05) is 18.4 Å². The number of carbonyl (C=O) groups is 2. The number of anilines is 1. The Kier molecular flexibility index (Phi) is 5.02. The van der Waals surface area contributed by atoms with E-state index in [1.165, 1.54) is 18.3 Å². The highest BCUT2D eigenvalue weighted by Crippen LogP contribution is 2.22. The van der Waals surface area contributed by atoms with Gasteiger partial charge in [-0.05, 0) is 20.8 Å². The summed E-state index contributed by atoms with van der Waals surface area (Å²) in [6, 6.07) is 0.123. The van der Waals surface area contributed by atoms with Crippen molar-refractivity contribution < 1.29 is 14.3 Å². The van der Waals surface area contributed by atoms with Crippen molar-refractivity contribution in [1.82, 2.24) is 15.2 Å². The quantitative estimate of drug-likeness (QED) is 0.881. The van der Waals surface area contributed by atoms with E-state index in [0.717, 1.165) is 24.5 Å². The Bertz CT molecular complexity index is 547. The van der Waals surface area contributed by atoms with Crippen molar-refractivity contribution in [1.29, 1.82) is 0 Å². The van der Waals surface area contributed by atoms with Crippen LogP contribution in [0.3, 0.4) is 0 Å². The molecule has 1 aromatic rings. The second kappa shape index (κ2) is 6.62. The first kappa shape index (κ1) is 16.7. The van der Waals surface area contributed by atoms with Gasteiger partial charge in [0.05, 0.1) is 6.04 Å². The van der Waals surface area contributed by atoms with Crippen LogP contribution in [0.15, 0.2) is 6.20 Å². The second-order valence-corrected chi connectivity index (χ2v) is 7.47. The van der Waals surface area contributed by atoms with Crippen molar-refractivity contribution in [3.63, 3.8) is 0 Å². The van der Waals surface area contributed by atoms with Gasteiger partial charge in [-0.3, -0.25) is 9.69 Å². The Morgan fingerprint density at radius 3 is 2.73 bits per heavy atom. The van der Waals surface area contributed by atoms with E-state index < -0.39 is 5.60 Å². The van der Waals surface area contributed by atoms with E-state index in [0.29, 0.717) is 5.13 Å². The van der Waals surface area contributed by atoms with Crippen LogP contribution < -0.4 is 10.6 Å². The van der Waals surface area contributed by atoms with E-state index in [-0.39, 0.29) is 18.0 Å². The molecule has 0 bridgehead atoms. The molecule has 1 aliphatic heterocycles. The number of carbonyl (C=O) groups excluding carboxylic acids is 2. The van der Waals surface area contributed by atoms with E-state index in [9.17, 15) is 9.59 Å². The highest BCUT2D eigenvalue weighted by atomic mass is 32.1. The summed E-state index contributed by atoms with van der Waals surface area (Å²) < 4.78 is 5.22. The standard InChI is InChI=1S/C14H22N4O3S/c1-9(19)16-12-15-5-11(22-12)8-18-6-10(7-18)17-13(20)21-14(2,3)4/h5,10H,6-8H2,1-4H3,(H,17,20)(H,15,16,19). The highest BCUT2D eigenvalue weighted by molar-refractivity contribution is 7.15. The van der Waals surface area contributed by atoms with Crippen LogP contribution in [0.1, 0.15) is 32.6 Å². The number of rotatable bonds is 4. The van der Waals surface area contributed by atoms with Crippen LogP contribution in [0.25, 0.3) is 0 Å². The van der Waals surface area contributed by atoms with Gasteiger partial charge in [-0.2, -0.15) is 0 Å². The smallest absolute Gasteiger partial charge is 0.407 e. The molecule has 0 radical (unpaired) electrons. The molecule has 1 aromatic heterocycles. The van der Waals surface area contributed by atoms with Crippen molar-refractivity contribution in [2.24, 2.45) is 0 Å². The van der Waals surface area contributed by atoms with Crippen molar-refractivity contribution in [3.05, 3.63) is 11.1 Å². The number of amides is 2. The van der Waals surface area contributed by atoms with Crippen molar-refractivity contribution in [2.45, 2.75) is 45.9 Å². The zero-order valence-electron chi connectivity index (χ0n) is 13.3. The molecule has 8 heteroatoms. The van der Waals surface area contributed by atoms with Gasteiger partial charge in [0.1, 0.15) is 5.60 Å². The first-order valence-electron chi connectivity index (χ1n) is 7.15. The summed E-state index contributed by atoms with van der Waals surface area (Å²) in [5, 5.41) is 6.13. The Hall–Kier alpha value is -1.67. The zero-order valence-corrected chi connectivity index (χ0v) is 14.1. The molecule has 1 saturated heterocycles. The molecule has 2 rings (SSSR count). The second-order valence-electron chi connectivity index (χ2n) is 6.35. The van der Waals surface area contributed by atoms with E-state index in [1.54, 1.807) is 6.20 Å². The van der Waals surface area contributed by atoms with Crippen molar-refractivity contribution >= 4 is 28.5 Å². The molecular weight excluding hydrogens is 304 g/mol. The first-order chi connectivity index (χ1) is 10.2. The number of ether oxygens (including phenoxy) is 1. The molecule has 0 aliphatic carbocycles. The van der Waals surface area contributed by atoms with Crippen LogP contribution in [0.2, 0.25) is 0 Å². The van der Waals surface area contributed by atoms with Crippen LogP contribution in [-0.4, -0.2) is 46.6 Å². The lowest BCUT2D eigenvalue weighted by Crippen LogP contribution is -2.59. The van der Waals surface area contributed by atoms with Gasteiger partial charge in [0, 0.05) is 37.6 Å². The number of nitrogens with zero attached hydrogens (tertiary/aromatic N) is 2. The normalized spacial score (nSPS) is 16.0. The minimum absolute atomic E-state index is 0.119. The fraction of sp³-hybridized carbons (Fsp3) is 0.643. The van der Waals surface area contributed by atoms with E-state index >= 15 is 0 Å². The minimum atomic E-state index is -0.476. The minimum Gasteiger partial charge on any atom is -0.444 e. The molecular formula is C14H22N4O3S. The van der Waals surface area contributed by atoms with Gasteiger partial charge in [0.2, 0.25) is 5.91 Å². The van der Waals surface area contributed by atoms with Crippen LogP contribution in [0.5, 0.6) is 0 Å². The predicted octanol–water partition coefficient (Wildman–Crippen LogP) is 1.81. The maximum atomic E-state index is 11.6. The monoisotopic (exact) mass is 326 g/mol.